The van der Waals surface area contributed by atoms with Gasteiger partial charge in [0.1, 0.15) is 10.1 Å². The van der Waals surface area contributed by atoms with E-state index in [1.807, 2.05) is 0 Å². The summed E-state index contributed by atoms with van der Waals surface area (Å²) in [6, 6.07) is 6.67. The summed E-state index contributed by atoms with van der Waals surface area (Å²) in [5.74, 6) is -0.979. The zero-order valence-corrected chi connectivity index (χ0v) is 11.0. The molecule has 0 aromatic carbocycles. The third kappa shape index (κ3) is 2.80. The third-order valence-corrected chi connectivity index (χ3v) is 3.59. The van der Waals surface area contributed by atoms with Crippen molar-refractivity contribution >= 4 is 29.3 Å². The number of nitrogens with zero attached hydrogens (tertiary/aromatic N) is 2. The van der Waals surface area contributed by atoms with E-state index < -0.39 is 5.97 Å². The van der Waals surface area contributed by atoms with Gasteiger partial charge in [0, 0.05) is 6.20 Å². The summed E-state index contributed by atoms with van der Waals surface area (Å²) in [7, 11) is 0. The number of rotatable bonds is 3. The van der Waals surface area contributed by atoms with Crippen LogP contribution in [0.2, 0.25) is 5.02 Å². The van der Waals surface area contributed by atoms with E-state index in [0.29, 0.717) is 20.8 Å². The number of hydrogen-bond donors (Lipinski definition) is 1. The van der Waals surface area contributed by atoms with Crippen LogP contribution in [-0.2, 0) is 0 Å². The Balaban J connectivity index is 2.29. The smallest absolute Gasteiger partial charge is 0.337 e. The lowest BCUT2D eigenvalue weighted by Crippen LogP contribution is -2.01. The molecule has 0 bridgehead atoms. The molecule has 1 N–H and O–H groups in total. The van der Waals surface area contributed by atoms with Gasteiger partial charge in [-0.05, 0) is 43.0 Å². The summed E-state index contributed by atoms with van der Waals surface area (Å²) >= 11 is 7.29. The Bertz CT molecular complexity index is 604. The van der Waals surface area contributed by atoms with Gasteiger partial charge in [-0.2, -0.15) is 0 Å². The monoisotopic (exact) mass is 280 g/mol. The van der Waals surface area contributed by atoms with E-state index in [0.717, 1.165) is 0 Å². The van der Waals surface area contributed by atoms with Gasteiger partial charge in [0.25, 0.3) is 0 Å². The summed E-state index contributed by atoms with van der Waals surface area (Å²) < 4.78 is 0. The van der Waals surface area contributed by atoms with Crippen molar-refractivity contribution in [2.45, 2.75) is 17.0 Å². The molecule has 0 unspecified atom stereocenters. The Hall–Kier alpha value is -1.59. The zero-order valence-electron chi connectivity index (χ0n) is 9.42. The topological polar surface area (TPSA) is 63.1 Å². The van der Waals surface area contributed by atoms with Crippen LogP contribution in [0.4, 0.5) is 0 Å². The normalized spacial score (nSPS) is 10.3. The van der Waals surface area contributed by atoms with Crippen molar-refractivity contribution in [3.8, 4) is 0 Å². The molecule has 2 aromatic rings. The molecule has 0 saturated heterocycles. The predicted octanol–water partition coefficient (Wildman–Crippen LogP) is 3.29. The molecule has 0 amide bonds. The minimum atomic E-state index is -0.979. The van der Waals surface area contributed by atoms with Crippen LogP contribution in [0.15, 0.2) is 40.5 Å². The van der Waals surface area contributed by atoms with Gasteiger partial charge >= 0.3 is 5.97 Å². The number of halogens is 1. The van der Waals surface area contributed by atoms with E-state index in [1.165, 1.54) is 17.8 Å². The Labute approximate surface area is 113 Å². The number of carbonyl (C=O) groups is 1. The average molecular weight is 281 g/mol. The molecule has 2 heterocycles. The number of pyridine rings is 2. The molecular weight excluding hydrogens is 272 g/mol. The fraction of sp³-hybridized carbons (Fsp3) is 0.0833. The van der Waals surface area contributed by atoms with Crippen molar-refractivity contribution in [3.63, 3.8) is 0 Å². The molecule has 2 rings (SSSR count). The predicted molar refractivity (Wildman–Crippen MR) is 69.3 cm³/mol. The molecule has 4 nitrogen and oxygen atoms in total. The molecule has 92 valence electrons. The minimum absolute atomic E-state index is 0.200. The molecule has 0 fully saturated rings. The van der Waals surface area contributed by atoms with Crippen LogP contribution in [0.5, 0.6) is 0 Å². The van der Waals surface area contributed by atoms with E-state index in [4.69, 9.17) is 16.7 Å². The molecule has 6 heteroatoms. The second-order valence-electron chi connectivity index (χ2n) is 3.48. The molecule has 0 aliphatic carbocycles. The van der Waals surface area contributed by atoms with Crippen molar-refractivity contribution in [1.29, 1.82) is 0 Å². The van der Waals surface area contributed by atoms with Gasteiger partial charge in [0.05, 0.1) is 16.3 Å². The molecule has 0 spiro atoms. The summed E-state index contributed by atoms with van der Waals surface area (Å²) in [5, 5.41) is 10.8. The van der Waals surface area contributed by atoms with Crippen molar-refractivity contribution < 1.29 is 9.90 Å². The van der Waals surface area contributed by atoms with E-state index >= 15 is 0 Å². The highest BCUT2D eigenvalue weighted by molar-refractivity contribution is 7.99. The van der Waals surface area contributed by atoms with Gasteiger partial charge in [-0.15, -0.1) is 0 Å². The van der Waals surface area contributed by atoms with E-state index in [1.54, 1.807) is 31.3 Å². The lowest BCUT2D eigenvalue weighted by molar-refractivity contribution is 0.0695. The maximum atomic E-state index is 10.9. The molecule has 0 radical (unpaired) electrons. The first-order chi connectivity index (χ1) is 8.58. The quantitative estimate of drug-likeness (QED) is 0.935. The SMILES string of the molecule is Cc1nc(Sc2ncccc2Cl)ccc1C(=O)O. The van der Waals surface area contributed by atoms with Gasteiger partial charge in [-0.3, -0.25) is 0 Å². The second kappa shape index (κ2) is 5.37. The van der Waals surface area contributed by atoms with E-state index in [9.17, 15) is 4.79 Å². The number of aromatic carboxylic acids is 1. The summed E-state index contributed by atoms with van der Waals surface area (Å²) in [6.45, 7) is 1.66. The highest BCUT2D eigenvalue weighted by atomic mass is 35.5. The molecule has 2 aromatic heterocycles. The lowest BCUT2D eigenvalue weighted by Gasteiger charge is -2.04. The molecule has 0 atom stereocenters. The van der Waals surface area contributed by atoms with Crippen molar-refractivity contribution in [2.75, 3.05) is 0 Å². The highest BCUT2D eigenvalue weighted by Crippen LogP contribution is 2.30. The van der Waals surface area contributed by atoms with Crippen molar-refractivity contribution in [1.82, 2.24) is 9.97 Å². The number of carboxylic acid groups (broad SMARTS) is 1. The largest absolute Gasteiger partial charge is 0.478 e. The van der Waals surface area contributed by atoms with Crippen LogP contribution in [0.1, 0.15) is 16.1 Å². The van der Waals surface area contributed by atoms with Gasteiger partial charge in [0.15, 0.2) is 0 Å². The minimum Gasteiger partial charge on any atom is -0.478 e. The lowest BCUT2D eigenvalue weighted by atomic mass is 10.2. The fourth-order valence-corrected chi connectivity index (χ4v) is 2.40. The van der Waals surface area contributed by atoms with Crippen LogP contribution in [0.25, 0.3) is 0 Å². The first kappa shape index (κ1) is 12.9. The molecular formula is C12H9ClN2O2S. The first-order valence-electron chi connectivity index (χ1n) is 5.07. The Morgan fingerprint density at radius 2 is 2.17 bits per heavy atom. The van der Waals surface area contributed by atoms with Gasteiger partial charge in [0.2, 0.25) is 0 Å². The van der Waals surface area contributed by atoms with E-state index in [-0.39, 0.29) is 5.56 Å². The highest BCUT2D eigenvalue weighted by Gasteiger charge is 2.10. The number of aryl methyl sites for hydroxylation is 1. The van der Waals surface area contributed by atoms with Crippen LogP contribution in [0, 0.1) is 6.92 Å². The summed E-state index contributed by atoms with van der Waals surface area (Å²) in [5.41, 5.74) is 0.672. The van der Waals surface area contributed by atoms with Gasteiger partial charge in [-0.1, -0.05) is 11.6 Å². The zero-order chi connectivity index (χ0) is 13.1. The summed E-state index contributed by atoms with van der Waals surface area (Å²) in [6.07, 6.45) is 1.65. The summed E-state index contributed by atoms with van der Waals surface area (Å²) in [4.78, 5) is 19.2. The van der Waals surface area contributed by atoms with Gasteiger partial charge < -0.3 is 5.11 Å². The van der Waals surface area contributed by atoms with Crippen LogP contribution in [-0.4, -0.2) is 21.0 Å². The fourth-order valence-electron chi connectivity index (χ4n) is 1.37. The van der Waals surface area contributed by atoms with Crippen LogP contribution >= 0.6 is 23.4 Å². The Morgan fingerprint density at radius 3 is 2.78 bits per heavy atom. The standard InChI is InChI=1S/C12H9ClN2O2S/c1-7-8(12(16)17)4-5-10(15-7)18-11-9(13)3-2-6-14-11/h2-6H,1H3,(H,16,17). The molecule has 0 aliphatic rings. The second-order valence-corrected chi connectivity index (χ2v) is 4.90. The number of hydrogen-bond acceptors (Lipinski definition) is 4. The maximum absolute atomic E-state index is 10.9. The first-order valence-corrected chi connectivity index (χ1v) is 6.26. The van der Waals surface area contributed by atoms with Gasteiger partial charge in [-0.25, -0.2) is 14.8 Å². The Morgan fingerprint density at radius 1 is 1.39 bits per heavy atom. The molecule has 18 heavy (non-hydrogen) atoms. The van der Waals surface area contributed by atoms with Crippen LogP contribution < -0.4 is 0 Å². The third-order valence-electron chi connectivity index (χ3n) is 2.22. The van der Waals surface area contributed by atoms with E-state index in [2.05, 4.69) is 9.97 Å². The van der Waals surface area contributed by atoms with Crippen LogP contribution in [0.3, 0.4) is 0 Å². The Kier molecular flexibility index (Phi) is 3.84. The molecule has 0 aliphatic heterocycles. The van der Waals surface area contributed by atoms with Crippen molar-refractivity contribution in [2.24, 2.45) is 0 Å². The van der Waals surface area contributed by atoms with Crippen molar-refractivity contribution in [3.05, 3.63) is 46.7 Å². The number of carboxylic acids is 1. The number of aromatic nitrogens is 2. The average Bonchev–Trinajstić information content (AvgIpc) is 2.32. The molecule has 0 saturated carbocycles. The maximum Gasteiger partial charge on any atom is 0.337 e.